The highest BCUT2D eigenvalue weighted by Crippen LogP contribution is 2.28. The Morgan fingerprint density at radius 3 is 2.35 bits per heavy atom. The molecule has 0 atom stereocenters. The lowest BCUT2D eigenvalue weighted by Crippen LogP contribution is -2.48. The zero-order valence-electron chi connectivity index (χ0n) is 21.2. The van der Waals surface area contributed by atoms with Crippen LogP contribution >= 0.6 is 0 Å². The second-order valence-electron chi connectivity index (χ2n) is 8.72. The first-order valence-corrected chi connectivity index (χ1v) is 12.3. The number of rotatable bonds is 10. The van der Waals surface area contributed by atoms with Gasteiger partial charge in [0.15, 0.2) is 5.82 Å². The summed E-state index contributed by atoms with van der Waals surface area (Å²) in [6.07, 6.45) is 0. The van der Waals surface area contributed by atoms with E-state index in [0.717, 1.165) is 43.2 Å². The number of piperazine rings is 1. The van der Waals surface area contributed by atoms with E-state index in [1.807, 2.05) is 48.5 Å². The zero-order valence-corrected chi connectivity index (χ0v) is 21.2. The number of para-hydroxylation sites is 2. The van der Waals surface area contributed by atoms with Crippen molar-refractivity contribution in [1.82, 2.24) is 20.2 Å². The van der Waals surface area contributed by atoms with E-state index in [1.165, 1.54) is 6.92 Å². The molecular formula is C27H33N7O3. The molecule has 0 radical (unpaired) electrons. The highest BCUT2D eigenvalue weighted by Gasteiger charge is 2.21. The van der Waals surface area contributed by atoms with Gasteiger partial charge in [0, 0.05) is 57.8 Å². The summed E-state index contributed by atoms with van der Waals surface area (Å²) >= 11 is 0. The third kappa shape index (κ3) is 7.40. The molecule has 1 aliphatic heterocycles. The average molecular weight is 504 g/mol. The fourth-order valence-corrected chi connectivity index (χ4v) is 4.17. The number of nitrogens with one attached hydrogen (secondary N) is 3. The van der Waals surface area contributed by atoms with Gasteiger partial charge >= 0.3 is 0 Å². The van der Waals surface area contributed by atoms with E-state index >= 15 is 0 Å². The number of hydrogen-bond acceptors (Lipinski definition) is 8. The predicted octanol–water partition coefficient (Wildman–Crippen LogP) is 2.46. The molecule has 1 aromatic heterocycles. The minimum Gasteiger partial charge on any atom is -0.495 e. The second kappa shape index (κ2) is 12.7. The molecule has 2 amide bonds. The standard InChI is InChI=1S/C27H33N7O3/c1-20(35)28-12-13-29-24-18-25(32-27(31-24)21-8-4-3-5-9-21)30-26(36)19-33-14-16-34(17-15-33)22-10-6-7-11-23(22)37-2/h3-11,18H,12-17,19H2,1-2H3,(H,28,35)(H2,29,30,31,32,36). The SMILES string of the molecule is COc1ccccc1N1CCN(CC(=O)Nc2cc(NCCNC(C)=O)nc(-c3ccccc3)n2)CC1. The first-order chi connectivity index (χ1) is 18.0. The van der Waals surface area contributed by atoms with Crippen LogP contribution in [0.4, 0.5) is 17.3 Å². The Morgan fingerprint density at radius 2 is 1.62 bits per heavy atom. The summed E-state index contributed by atoms with van der Waals surface area (Å²) in [5.41, 5.74) is 1.91. The molecule has 0 unspecified atom stereocenters. The summed E-state index contributed by atoms with van der Waals surface area (Å²) in [7, 11) is 1.68. The maximum Gasteiger partial charge on any atom is 0.239 e. The minimum absolute atomic E-state index is 0.0915. The van der Waals surface area contributed by atoms with Crippen LogP contribution < -0.4 is 25.6 Å². The van der Waals surface area contributed by atoms with Crippen molar-refractivity contribution < 1.29 is 14.3 Å². The Bertz CT molecular complexity index is 1200. The lowest BCUT2D eigenvalue weighted by atomic mass is 10.2. The quantitative estimate of drug-likeness (QED) is 0.362. The van der Waals surface area contributed by atoms with Crippen LogP contribution in [0, 0.1) is 0 Å². The van der Waals surface area contributed by atoms with E-state index in [-0.39, 0.29) is 18.4 Å². The number of benzene rings is 2. The molecule has 0 saturated carbocycles. The van der Waals surface area contributed by atoms with Gasteiger partial charge < -0.3 is 25.6 Å². The van der Waals surface area contributed by atoms with Crippen LogP contribution in [-0.4, -0.2) is 79.6 Å². The molecule has 0 spiro atoms. The molecule has 0 aliphatic carbocycles. The molecular weight excluding hydrogens is 470 g/mol. The first-order valence-electron chi connectivity index (χ1n) is 12.3. The maximum atomic E-state index is 12.9. The average Bonchev–Trinajstić information content (AvgIpc) is 2.92. The van der Waals surface area contributed by atoms with E-state index in [9.17, 15) is 9.59 Å². The smallest absolute Gasteiger partial charge is 0.239 e. The van der Waals surface area contributed by atoms with Crippen LogP contribution in [0.25, 0.3) is 11.4 Å². The van der Waals surface area contributed by atoms with Gasteiger partial charge in [0.05, 0.1) is 19.3 Å². The Morgan fingerprint density at radius 1 is 0.919 bits per heavy atom. The lowest BCUT2D eigenvalue weighted by Gasteiger charge is -2.36. The van der Waals surface area contributed by atoms with Crippen molar-refractivity contribution >= 4 is 29.1 Å². The van der Waals surface area contributed by atoms with Crippen molar-refractivity contribution in [2.45, 2.75) is 6.92 Å². The fraction of sp³-hybridized carbons (Fsp3) is 0.333. The van der Waals surface area contributed by atoms with Crippen molar-refractivity contribution in [2.24, 2.45) is 0 Å². The van der Waals surface area contributed by atoms with Gasteiger partial charge in [-0.1, -0.05) is 42.5 Å². The number of nitrogens with zero attached hydrogens (tertiary/aromatic N) is 4. The van der Waals surface area contributed by atoms with Gasteiger partial charge in [-0.3, -0.25) is 14.5 Å². The van der Waals surface area contributed by atoms with Crippen molar-refractivity contribution in [3.8, 4) is 17.1 Å². The molecule has 10 heteroatoms. The van der Waals surface area contributed by atoms with E-state index < -0.39 is 0 Å². The number of methoxy groups -OCH3 is 1. The molecule has 0 bridgehead atoms. The van der Waals surface area contributed by atoms with Gasteiger partial charge in [0.1, 0.15) is 17.4 Å². The Balaban J connectivity index is 1.37. The highest BCUT2D eigenvalue weighted by atomic mass is 16.5. The predicted molar refractivity (Wildman–Crippen MR) is 145 cm³/mol. The number of carbonyl (C=O) groups excluding carboxylic acids is 2. The lowest BCUT2D eigenvalue weighted by molar-refractivity contribution is -0.119. The molecule has 4 rings (SSSR count). The van der Waals surface area contributed by atoms with Crippen LogP contribution in [0.2, 0.25) is 0 Å². The van der Waals surface area contributed by atoms with Gasteiger partial charge in [-0.15, -0.1) is 0 Å². The van der Waals surface area contributed by atoms with Gasteiger partial charge in [-0.25, -0.2) is 9.97 Å². The topological polar surface area (TPSA) is 112 Å². The van der Waals surface area contributed by atoms with E-state index in [0.29, 0.717) is 30.5 Å². The summed E-state index contributed by atoms with van der Waals surface area (Å²) < 4.78 is 5.49. The molecule has 1 aliphatic rings. The van der Waals surface area contributed by atoms with Crippen molar-refractivity contribution in [3.05, 3.63) is 60.7 Å². The van der Waals surface area contributed by atoms with Crippen LogP contribution in [0.5, 0.6) is 5.75 Å². The number of ether oxygens (including phenoxy) is 1. The molecule has 3 N–H and O–H groups in total. The van der Waals surface area contributed by atoms with Gasteiger partial charge in [0.25, 0.3) is 0 Å². The van der Waals surface area contributed by atoms with Crippen molar-refractivity contribution in [2.75, 3.05) is 68.5 Å². The Labute approximate surface area is 217 Å². The number of carbonyl (C=O) groups is 2. The molecule has 1 saturated heterocycles. The summed E-state index contributed by atoms with van der Waals surface area (Å²) in [4.78, 5) is 37.6. The fourth-order valence-electron chi connectivity index (χ4n) is 4.17. The molecule has 1 fully saturated rings. The Kier molecular flexibility index (Phi) is 8.88. The third-order valence-corrected chi connectivity index (χ3v) is 6.00. The molecule has 3 aromatic rings. The summed E-state index contributed by atoms with van der Waals surface area (Å²) in [5, 5.41) is 8.87. The second-order valence-corrected chi connectivity index (χ2v) is 8.72. The van der Waals surface area contributed by atoms with Crippen molar-refractivity contribution in [1.29, 1.82) is 0 Å². The Hall–Kier alpha value is -4.18. The van der Waals surface area contributed by atoms with Crippen LogP contribution in [0.15, 0.2) is 60.7 Å². The van der Waals surface area contributed by atoms with Gasteiger partial charge in [0.2, 0.25) is 11.8 Å². The van der Waals surface area contributed by atoms with Crippen LogP contribution in [0.3, 0.4) is 0 Å². The largest absolute Gasteiger partial charge is 0.495 e. The number of amides is 2. The minimum atomic E-state index is -0.132. The van der Waals surface area contributed by atoms with E-state index in [4.69, 9.17) is 4.74 Å². The monoisotopic (exact) mass is 503 g/mol. The van der Waals surface area contributed by atoms with Crippen LogP contribution in [-0.2, 0) is 9.59 Å². The van der Waals surface area contributed by atoms with Gasteiger partial charge in [-0.2, -0.15) is 0 Å². The summed E-state index contributed by atoms with van der Waals surface area (Å²) in [6, 6.07) is 19.3. The number of anilines is 3. The number of aromatic nitrogens is 2. The third-order valence-electron chi connectivity index (χ3n) is 6.00. The van der Waals surface area contributed by atoms with Gasteiger partial charge in [-0.05, 0) is 12.1 Å². The normalized spacial score (nSPS) is 13.6. The molecule has 194 valence electrons. The summed E-state index contributed by atoms with van der Waals surface area (Å²) in [6.45, 7) is 5.85. The number of hydrogen-bond donors (Lipinski definition) is 3. The maximum absolute atomic E-state index is 12.9. The first kappa shape index (κ1) is 25.9. The van der Waals surface area contributed by atoms with Crippen LogP contribution in [0.1, 0.15) is 6.92 Å². The summed E-state index contributed by atoms with van der Waals surface area (Å²) in [5.74, 6) is 2.13. The highest BCUT2D eigenvalue weighted by molar-refractivity contribution is 5.92. The molecule has 2 aromatic carbocycles. The molecule has 10 nitrogen and oxygen atoms in total. The van der Waals surface area contributed by atoms with E-state index in [2.05, 4.69) is 41.8 Å². The molecule has 37 heavy (non-hydrogen) atoms. The van der Waals surface area contributed by atoms with Crippen molar-refractivity contribution in [3.63, 3.8) is 0 Å². The molecule has 2 heterocycles. The zero-order chi connectivity index (χ0) is 26.0. The van der Waals surface area contributed by atoms with E-state index in [1.54, 1.807) is 13.2 Å².